The summed E-state index contributed by atoms with van der Waals surface area (Å²) in [6, 6.07) is 3.85. The lowest BCUT2D eigenvalue weighted by molar-refractivity contribution is 0.101. The summed E-state index contributed by atoms with van der Waals surface area (Å²) in [6.45, 7) is 6.00. The minimum atomic E-state index is -0.117. The molecular weight excluding hydrogens is 306 g/mol. The zero-order chi connectivity index (χ0) is 14.0. The first kappa shape index (κ1) is 13.8. The van der Waals surface area contributed by atoms with E-state index in [0.29, 0.717) is 5.69 Å². The van der Waals surface area contributed by atoms with Gasteiger partial charge in [0.15, 0.2) is 0 Å². The van der Waals surface area contributed by atoms with Crippen molar-refractivity contribution in [2.75, 3.05) is 5.32 Å². The van der Waals surface area contributed by atoms with Crippen LogP contribution in [0.2, 0.25) is 0 Å². The number of nitrogens with zero attached hydrogens (tertiary/aromatic N) is 2. The smallest absolute Gasteiger partial charge is 0.272 e. The predicted molar refractivity (Wildman–Crippen MR) is 79.4 cm³/mol. The van der Waals surface area contributed by atoms with E-state index in [0.717, 1.165) is 15.7 Å². The van der Waals surface area contributed by atoms with E-state index >= 15 is 0 Å². The zero-order valence-electron chi connectivity index (χ0n) is 11.1. The zero-order valence-corrected chi connectivity index (χ0v) is 12.7. The Bertz CT molecular complexity index is 604. The minimum Gasteiger partial charge on any atom is -0.340 e. The maximum absolute atomic E-state index is 12.3. The van der Waals surface area contributed by atoms with Crippen molar-refractivity contribution in [2.24, 2.45) is 0 Å². The molecule has 2 heterocycles. The van der Waals surface area contributed by atoms with Gasteiger partial charge >= 0.3 is 0 Å². The molecule has 0 saturated heterocycles. The molecule has 0 radical (unpaired) electrons. The van der Waals surface area contributed by atoms with E-state index in [1.807, 2.05) is 37.6 Å². The molecule has 0 aliphatic heterocycles. The largest absolute Gasteiger partial charge is 0.340 e. The van der Waals surface area contributed by atoms with E-state index in [-0.39, 0.29) is 11.9 Å². The number of aromatic nitrogens is 2. The second kappa shape index (κ2) is 5.57. The van der Waals surface area contributed by atoms with Crippen LogP contribution in [0.5, 0.6) is 0 Å². The van der Waals surface area contributed by atoms with E-state index in [9.17, 15) is 4.79 Å². The molecule has 19 heavy (non-hydrogen) atoms. The number of carbonyl (C=O) groups excluding carboxylic acids is 1. The van der Waals surface area contributed by atoms with Crippen molar-refractivity contribution in [3.63, 3.8) is 0 Å². The number of pyridine rings is 1. The summed E-state index contributed by atoms with van der Waals surface area (Å²) in [5.41, 5.74) is 2.36. The van der Waals surface area contributed by atoms with E-state index in [1.54, 1.807) is 18.5 Å². The Kier molecular flexibility index (Phi) is 4.04. The molecule has 0 saturated carbocycles. The third kappa shape index (κ3) is 3.04. The summed E-state index contributed by atoms with van der Waals surface area (Å²) in [4.78, 5) is 16.3. The van der Waals surface area contributed by atoms with Crippen molar-refractivity contribution in [2.45, 2.75) is 26.8 Å². The number of amides is 1. The summed E-state index contributed by atoms with van der Waals surface area (Å²) in [5.74, 6) is -0.117. The van der Waals surface area contributed by atoms with Gasteiger partial charge in [-0.25, -0.2) is 0 Å². The fraction of sp³-hybridized carbons (Fsp3) is 0.286. The molecule has 2 aromatic rings. The monoisotopic (exact) mass is 321 g/mol. The molecule has 1 amide bonds. The van der Waals surface area contributed by atoms with Gasteiger partial charge in [-0.3, -0.25) is 9.78 Å². The van der Waals surface area contributed by atoms with Crippen molar-refractivity contribution in [3.8, 4) is 0 Å². The van der Waals surface area contributed by atoms with Crippen molar-refractivity contribution >= 4 is 27.5 Å². The van der Waals surface area contributed by atoms with Crippen LogP contribution in [-0.4, -0.2) is 15.5 Å². The number of anilines is 1. The summed E-state index contributed by atoms with van der Waals surface area (Å²) < 4.78 is 2.84. The fourth-order valence-electron chi connectivity index (χ4n) is 1.85. The van der Waals surface area contributed by atoms with Crippen molar-refractivity contribution in [1.82, 2.24) is 9.55 Å². The Morgan fingerprint density at radius 1 is 1.47 bits per heavy atom. The van der Waals surface area contributed by atoms with E-state index in [2.05, 4.69) is 26.2 Å². The highest BCUT2D eigenvalue weighted by molar-refractivity contribution is 9.10. The van der Waals surface area contributed by atoms with Gasteiger partial charge < -0.3 is 9.88 Å². The van der Waals surface area contributed by atoms with Crippen LogP contribution in [0.4, 0.5) is 5.69 Å². The van der Waals surface area contributed by atoms with Crippen molar-refractivity contribution in [1.29, 1.82) is 0 Å². The first-order valence-electron chi connectivity index (χ1n) is 6.08. The van der Waals surface area contributed by atoms with Gasteiger partial charge in [-0.15, -0.1) is 0 Å². The standard InChI is InChI=1S/C14H16BrN3O/c1-9(2)18-8-11(15)6-13(18)14(19)17-12-4-5-16-7-10(12)3/h4-9H,1-3H3,(H,16,17,19). The Morgan fingerprint density at radius 3 is 2.84 bits per heavy atom. The number of rotatable bonds is 3. The predicted octanol–water partition coefficient (Wildman–Crippen LogP) is 3.79. The van der Waals surface area contributed by atoms with Gasteiger partial charge in [-0.1, -0.05) is 0 Å². The molecule has 0 aliphatic carbocycles. The number of hydrogen-bond acceptors (Lipinski definition) is 2. The Hall–Kier alpha value is -1.62. The van der Waals surface area contributed by atoms with Crippen molar-refractivity contribution in [3.05, 3.63) is 46.5 Å². The highest BCUT2D eigenvalue weighted by Gasteiger charge is 2.15. The van der Waals surface area contributed by atoms with Crippen LogP contribution in [0.1, 0.15) is 35.9 Å². The second-order valence-corrected chi connectivity index (χ2v) is 5.60. The maximum atomic E-state index is 12.3. The first-order valence-corrected chi connectivity index (χ1v) is 6.87. The highest BCUT2D eigenvalue weighted by atomic mass is 79.9. The molecule has 0 spiro atoms. The van der Waals surface area contributed by atoms with Gasteiger partial charge in [-0.2, -0.15) is 0 Å². The molecule has 0 atom stereocenters. The quantitative estimate of drug-likeness (QED) is 0.934. The number of aryl methyl sites for hydroxylation is 1. The maximum Gasteiger partial charge on any atom is 0.272 e. The van der Waals surface area contributed by atoms with E-state index in [1.165, 1.54) is 0 Å². The van der Waals surface area contributed by atoms with E-state index < -0.39 is 0 Å². The summed E-state index contributed by atoms with van der Waals surface area (Å²) in [6.07, 6.45) is 5.31. The first-order chi connectivity index (χ1) is 8.99. The lowest BCUT2D eigenvalue weighted by atomic mass is 10.2. The van der Waals surface area contributed by atoms with Gasteiger partial charge in [0.05, 0.1) is 0 Å². The van der Waals surface area contributed by atoms with Crippen LogP contribution in [0.25, 0.3) is 0 Å². The summed E-state index contributed by atoms with van der Waals surface area (Å²) >= 11 is 3.41. The average Bonchev–Trinajstić information content (AvgIpc) is 2.74. The van der Waals surface area contributed by atoms with E-state index in [4.69, 9.17) is 0 Å². The minimum absolute atomic E-state index is 0.117. The Labute approximate surface area is 121 Å². The third-order valence-corrected chi connectivity index (χ3v) is 3.31. The SMILES string of the molecule is Cc1cnccc1NC(=O)c1cc(Br)cn1C(C)C. The molecule has 0 fully saturated rings. The van der Waals surface area contributed by atoms with Crippen LogP contribution in [-0.2, 0) is 0 Å². The molecule has 0 aliphatic rings. The molecular formula is C14H16BrN3O. The topological polar surface area (TPSA) is 46.9 Å². The number of carbonyl (C=O) groups is 1. The average molecular weight is 322 g/mol. The lowest BCUT2D eigenvalue weighted by Gasteiger charge is -2.13. The van der Waals surface area contributed by atoms with Gasteiger partial charge in [0.2, 0.25) is 0 Å². The van der Waals surface area contributed by atoms with Crippen LogP contribution in [0.3, 0.4) is 0 Å². The molecule has 5 heteroatoms. The highest BCUT2D eigenvalue weighted by Crippen LogP contribution is 2.21. The van der Waals surface area contributed by atoms with Crippen LogP contribution < -0.4 is 5.32 Å². The number of halogens is 1. The van der Waals surface area contributed by atoms with Crippen molar-refractivity contribution < 1.29 is 4.79 Å². The van der Waals surface area contributed by atoms with Gasteiger partial charge in [0.1, 0.15) is 5.69 Å². The lowest BCUT2D eigenvalue weighted by Crippen LogP contribution is -2.18. The molecule has 0 bridgehead atoms. The van der Waals surface area contributed by atoms with Crippen LogP contribution >= 0.6 is 15.9 Å². The molecule has 100 valence electrons. The third-order valence-electron chi connectivity index (χ3n) is 2.87. The normalized spacial score (nSPS) is 10.8. The summed E-state index contributed by atoms with van der Waals surface area (Å²) in [5, 5.41) is 2.91. The van der Waals surface area contributed by atoms with Gasteiger partial charge in [0, 0.05) is 34.8 Å². The van der Waals surface area contributed by atoms with Gasteiger partial charge in [0.25, 0.3) is 5.91 Å². The molecule has 0 aromatic carbocycles. The number of hydrogen-bond donors (Lipinski definition) is 1. The van der Waals surface area contributed by atoms with Crippen LogP contribution in [0.15, 0.2) is 35.2 Å². The Morgan fingerprint density at radius 2 is 2.21 bits per heavy atom. The van der Waals surface area contributed by atoms with Gasteiger partial charge in [-0.05, 0) is 54.4 Å². The molecule has 1 N–H and O–H groups in total. The summed E-state index contributed by atoms with van der Waals surface area (Å²) in [7, 11) is 0. The fourth-order valence-corrected chi connectivity index (χ4v) is 2.29. The second-order valence-electron chi connectivity index (χ2n) is 4.69. The molecule has 4 nitrogen and oxygen atoms in total. The molecule has 2 rings (SSSR count). The number of nitrogens with one attached hydrogen (secondary N) is 1. The molecule has 0 unspecified atom stereocenters. The Balaban J connectivity index is 2.28. The van der Waals surface area contributed by atoms with Crippen LogP contribution in [0, 0.1) is 6.92 Å². The molecule has 2 aromatic heterocycles.